The lowest BCUT2D eigenvalue weighted by atomic mass is 10.0. The number of fused-ring (bicyclic) bond motifs is 1. The van der Waals surface area contributed by atoms with Crippen LogP contribution in [0.15, 0.2) is 73.1 Å². The van der Waals surface area contributed by atoms with Crippen molar-refractivity contribution >= 4 is 40.6 Å². The van der Waals surface area contributed by atoms with Gasteiger partial charge >= 0.3 is 5.97 Å². The Morgan fingerprint density at radius 1 is 1.03 bits per heavy atom. The Morgan fingerprint density at radius 3 is 2.38 bits per heavy atom. The molecule has 0 fully saturated rings. The number of carboxylic acid groups (broad SMARTS) is 1. The van der Waals surface area contributed by atoms with Crippen LogP contribution in [0, 0.1) is 0 Å². The lowest BCUT2D eigenvalue weighted by Crippen LogP contribution is -2.33. The fraction of sp³-hybridized carbons (Fsp3) is 0.120. The number of hydrogen-bond donors (Lipinski definition) is 2. The molecule has 2 aromatic carbocycles. The van der Waals surface area contributed by atoms with Gasteiger partial charge in [-0.15, -0.1) is 0 Å². The molecule has 2 amide bonds. The molecule has 4 aromatic rings. The summed E-state index contributed by atoms with van der Waals surface area (Å²) in [4.78, 5) is 37.9. The Morgan fingerprint density at radius 2 is 1.74 bits per heavy atom. The average Bonchev–Trinajstić information content (AvgIpc) is 3.27. The molecular formula is C25H21ClN4O4. The van der Waals surface area contributed by atoms with Crippen molar-refractivity contribution in [1.29, 1.82) is 0 Å². The number of halogens is 1. The van der Waals surface area contributed by atoms with Crippen LogP contribution >= 0.6 is 11.6 Å². The zero-order chi connectivity index (χ0) is 24.2. The molecule has 0 saturated carbocycles. The Labute approximate surface area is 200 Å². The number of pyridine rings is 1. The van der Waals surface area contributed by atoms with E-state index in [4.69, 9.17) is 16.7 Å². The van der Waals surface area contributed by atoms with E-state index in [-0.39, 0.29) is 24.8 Å². The first-order chi connectivity index (χ1) is 16.4. The summed E-state index contributed by atoms with van der Waals surface area (Å²) >= 11 is 5.97. The van der Waals surface area contributed by atoms with Gasteiger partial charge in [0.2, 0.25) is 0 Å². The molecule has 9 heteroatoms. The number of amides is 2. The van der Waals surface area contributed by atoms with Crippen molar-refractivity contribution in [3.63, 3.8) is 0 Å². The summed E-state index contributed by atoms with van der Waals surface area (Å²) in [6.45, 7) is 0.00799. The van der Waals surface area contributed by atoms with E-state index < -0.39 is 5.97 Å². The molecule has 0 aliphatic carbocycles. The second kappa shape index (κ2) is 9.76. The summed E-state index contributed by atoms with van der Waals surface area (Å²) in [6.07, 6.45) is 3.17. The maximum absolute atomic E-state index is 13.4. The molecule has 2 N–H and O–H groups in total. The molecular weight excluding hydrogens is 456 g/mol. The van der Waals surface area contributed by atoms with Gasteiger partial charge in [-0.25, -0.2) is 4.52 Å². The minimum Gasteiger partial charge on any atom is -0.481 e. The number of nitrogens with zero attached hydrogens (tertiary/aromatic N) is 3. The van der Waals surface area contributed by atoms with E-state index in [1.807, 2.05) is 12.1 Å². The van der Waals surface area contributed by atoms with Gasteiger partial charge in [0, 0.05) is 47.2 Å². The first-order valence-electron chi connectivity index (χ1n) is 10.5. The monoisotopic (exact) mass is 476 g/mol. The fourth-order valence-electron chi connectivity index (χ4n) is 3.61. The molecule has 8 nitrogen and oxygen atoms in total. The normalized spacial score (nSPS) is 10.8. The molecule has 0 bridgehead atoms. The van der Waals surface area contributed by atoms with Crippen molar-refractivity contribution in [2.24, 2.45) is 0 Å². The first kappa shape index (κ1) is 23.0. The summed E-state index contributed by atoms with van der Waals surface area (Å²) in [5.74, 6) is -1.52. The summed E-state index contributed by atoms with van der Waals surface area (Å²) in [5, 5.41) is 16.6. The van der Waals surface area contributed by atoms with Crippen LogP contribution in [-0.2, 0) is 4.79 Å². The highest BCUT2D eigenvalue weighted by Gasteiger charge is 2.20. The molecule has 0 aliphatic heterocycles. The standard InChI is InChI=1S/C25H21ClN4O4/c1-27-24(33)17-4-2-16(3-5-17)21-15-28-30-13-10-18(14-22(21)30)25(34)29(12-11-23(31)32)20-8-6-19(26)7-9-20/h2-10,13-15H,11-12H2,1H3,(H,27,33)(H,31,32). The maximum Gasteiger partial charge on any atom is 0.305 e. The van der Waals surface area contributed by atoms with Crippen molar-refractivity contribution in [1.82, 2.24) is 14.9 Å². The van der Waals surface area contributed by atoms with Gasteiger partial charge < -0.3 is 15.3 Å². The van der Waals surface area contributed by atoms with Gasteiger partial charge in [-0.2, -0.15) is 5.10 Å². The van der Waals surface area contributed by atoms with Gasteiger partial charge in [-0.05, 0) is 54.1 Å². The van der Waals surface area contributed by atoms with E-state index in [9.17, 15) is 14.4 Å². The number of hydrogen-bond acceptors (Lipinski definition) is 4. The third-order valence-corrected chi connectivity index (χ3v) is 5.64. The SMILES string of the molecule is CNC(=O)c1ccc(-c2cnn3ccc(C(=O)N(CCC(=O)O)c4ccc(Cl)cc4)cc23)cc1. The van der Waals surface area contributed by atoms with Gasteiger partial charge in [0.1, 0.15) is 0 Å². The van der Waals surface area contributed by atoms with Crippen LogP contribution in [0.5, 0.6) is 0 Å². The molecule has 0 spiro atoms. The van der Waals surface area contributed by atoms with E-state index in [1.165, 1.54) is 4.90 Å². The van der Waals surface area contributed by atoms with E-state index in [0.717, 1.165) is 11.1 Å². The second-order valence-electron chi connectivity index (χ2n) is 7.54. The predicted octanol–water partition coefficient (Wildman–Crippen LogP) is 4.14. The van der Waals surface area contributed by atoms with E-state index in [0.29, 0.717) is 27.4 Å². The minimum absolute atomic E-state index is 0.00799. The molecule has 2 heterocycles. The van der Waals surface area contributed by atoms with Crippen LogP contribution in [0.25, 0.3) is 16.6 Å². The number of carboxylic acids is 1. The Hall–Kier alpha value is -4.17. The van der Waals surface area contributed by atoms with E-state index in [2.05, 4.69) is 10.4 Å². The molecule has 0 unspecified atom stereocenters. The third kappa shape index (κ3) is 4.77. The summed E-state index contributed by atoms with van der Waals surface area (Å²) < 4.78 is 1.66. The smallest absolute Gasteiger partial charge is 0.305 e. The van der Waals surface area contributed by atoms with Gasteiger partial charge in [0.25, 0.3) is 11.8 Å². The molecule has 2 aromatic heterocycles. The van der Waals surface area contributed by atoms with Gasteiger partial charge in [0.15, 0.2) is 0 Å². The van der Waals surface area contributed by atoms with Gasteiger partial charge in [-0.3, -0.25) is 14.4 Å². The quantitative estimate of drug-likeness (QED) is 0.417. The molecule has 0 radical (unpaired) electrons. The number of nitrogens with one attached hydrogen (secondary N) is 1. The number of benzene rings is 2. The fourth-order valence-corrected chi connectivity index (χ4v) is 3.74. The van der Waals surface area contributed by atoms with Crippen molar-refractivity contribution in [3.05, 3.63) is 89.2 Å². The van der Waals surface area contributed by atoms with Crippen molar-refractivity contribution in [2.45, 2.75) is 6.42 Å². The van der Waals surface area contributed by atoms with Crippen LogP contribution in [0.3, 0.4) is 0 Å². The summed E-state index contributed by atoms with van der Waals surface area (Å²) in [7, 11) is 1.57. The van der Waals surface area contributed by atoms with Crippen molar-refractivity contribution < 1.29 is 19.5 Å². The van der Waals surface area contributed by atoms with Crippen LogP contribution in [0.4, 0.5) is 5.69 Å². The Bertz CT molecular complexity index is 1360. The number of rotatable bonds is 7. The minimum atomic E-state index is -1.000. The topological polar surface area (TPSA) is 104 Å². The zero-order valence-electron chi connectivity index (χ0n) is 18.2. The summed E-state index contributed by atoms with van der Waals surface area (Å²) in [5.41, 5.74) is 3.81. The van der Waals surface area contributed by atoms with Crippen LogP contribution < -0.4 is 10.2 Å². The highest BCUT2D eigenvalue weighted by molar-refractivity contribution is 6.30. The molecule has 0 aliphatic rings. The number of aliphatic carboxylic acids is 1. The molecule has 172 valence electrons. The van der Waals surface area contributed by atoms with Gasteiger partial charge in [-0.1, -0.05) is 23.7 Å². The van der Waals surface area contributed by atoms with Crippen LogP contribution in [0.1, 0.15) is 27.1 Å². The molecule has 0 saturated heterocycles. The first-order valence-corrected chi connectivity index (χ1v) is 10.8. The molecule has 4 rings (SSSR count). The lowest BCUT2D eigenvalue weighted by Gasteiger charge is -2.22. The van der Waals surface area contributed by atoms with Crippen molar-refractivity contribution in [2.75, 3.05) is 18.5 Å². The second-order valence-corrected chi connectivity index (χ2v) is 7.97. The highest BCUT2D eigenvalue weighted by atomic mass is 35.5. The number of carbonyl (C=O) groups excluding carboxylic acids is 2. The van der Waals surface area contributed by atoms with Gasteiger partial charge in [0.05, 0.1) is 18.1 Å². The lowest BCUT2D eigenvalue weighted by molar-refractivity contribution is -0.136. The molecule has 0 atom stereocenters. The van der Waals surface area contributed by atoms with E-state index in [1.54, 1.807) is 72.5 Å². The Kier molecular flexibility index (Phi) is 6.60. The summed E-state index contributed by atoms with van der Waals surface area (Å²) in [6, 6.07) is 17.1. The highest BCUT2D eigenvalue weighted by Crippen LogP contribution is 2.27. The Balaban J connectivity index is 1.70. The maximum atomic E-state index is 13.4. The zero-order valence-corrected chi connectivity index (χ0v) is 19.0. The number of anilines is 1. The largest absolute Gasteiger partial charge is 0.481 e. The predicted molar refractivity (Wildman–Crippen MR) is 129 cm³/mol. The number of aromatic nitrogens is 2. The van der Waals surface area contributed by atoms with Crippen molar-refractivity contribution in [3.8, 4) is 11.1 Å². The molecule has 34 heavy (non-hydrogen) atoms. The average molecular weight is 477 g/mol. The third-order valence-electron chi connectivity index (χ3n) is 5.39. The van der Waals surface area contributed by atoms with Crippen LogP contribution in [0.2, 0.25) is 5.02 Å². The number of carbonyl (C=O) groups is 3. The van der Waals surface area contributed by atoms with Crippen LogP contribution in [-0.4, -0.2) is 46.1 Å². The van der Waals surface area contributed by atoms with E-state index >= 15 is 0 Å².